The van der Waals surface area contributed by atoms with Gasteiger partial charge in [-0.05, 0) is 57.0 Å². The molecule has 0 heterocycles. The highest BCUT2D eigenvalue weighted by molar-refractivity contribution is 7.92. The summed E-state index contributed by atoms with van der Waals surface area (Å²) in [6.45, 7) is 6.73. The molecule has 210 valence electrons. The standard InChI is InChI=1S/C26H35Cl2N3O6S/c1-8-21(25(33)29-26(2,3)4)30(15-17-9-11-19(27)20(28)13-17)24(32)16-31(38(7,34)35)22-12-10-18(36-5)14-23(22)37-6/h9-14,21H,8,15-16H2,1-7H3,(H,29,33). The van der Waals surface area contributed by atoms with Gasteiger partial charge in [0.15, 0.2) is 0 Å². The number of hydrogen-bond donors (Lipinski definition) is 1. The van der Waals surface area contributed by atoms with E-state index in [1.807, 2.05) is 20.8 Å². The number of nitrogens with zero attached hydrogens (tertiary/aromatic N) is 2. The van der Waals surface area contributed by atoms with Crippen molar-refractivity contribution >= 4 is 50.7 Å². The summed E-state index contributed by atoms with van der Waals surface area (Å²) >= 11 is 12.3. The van der Waals surface area contributed by atoms with Gasteiger partial charge in [0, 0.05) is 18.2 Å². The van der Waals surface area contributed by atoms with Gasteiger partial charge < -0.3 is 19.7 Å². The molecule has 9 nitrogen and oxygen atoms in total. The number of rotatable bonds is 11. The number of amides is 2. The van der Waals surface area contributed by atoms with Crippen LogP contribution in [0.5, 0.6) is 11.5 Å². The van der Waals surface area contributed by atoms with Crippen molar-refractivity contribution in [3.8, 4) is 11.5 Å². The second kappa shape index (κ2) is 12.9. The Morgan fingerprint density at radius 1 is 1.03 bits per heavy atom. The van der Waals surface area contributed by atoms with Crippen molar-refractivity contribution in [3.63, 3.8) is 0 Å². The van der Waals surface area contributed by atoms with E-state index in [9.17, 15) is 18.0 Å². The van der Waals surface area contributed by atoms with Crippen molar-refractivity contribution in [1.29, 1.82) is 0 Å². The summed E-state index contributed by atoms with van der Waals surface area (Å²) < 4.78 is 37.3. The molecule has 0 aliphatic rings. The first-order valence-corrected chi connectivity index (χ1v) is 14.5. The van der Waals surface area contributed by atoms with E-state index >= 15 is 0 Å². The van der Waals surface area contributed by atoms with E-state index in [4.69, 9.17) is 32.7 Å². The van der Waals surface area contributed by atoms with E-state index < -0.39 is 34.1 Å². The normalized spacial score (nSPS) is 12.4. The highest BCUT2D eigenvalue weighted by Crippen LogP contribution is 2.34. The van der Waals surface area contributed by atoms with Gasteiger partial charge in [0.05, 0.1) is 36.2 Å². The van der Waals surface area contributed by atoms with Gasteiger partial charge >= 0.3 is 0 Å². The quantitative estimate of drug-likeness (QED) is 0.415. The molecular formula is C26H35Cl2N3O6S. The molecule has 1 N–H and O–H groups in total. The van der Waals surface area contributed by atoms with Gasteiger partial charge in [-0.25, -0.2) is 8.42 Å². The predicted octanol–water partition coefficient (Wildman–Crippen LogP) is 4.50. The molecule has 2 aromatic rings. The van der Waals surface area contributed by atoms with Crippen LogP contribution < -0.4 is 19.1 Å². The Balaban J connectivity index is 2.55. The van der Waals surface area contributed by atoms with Crippen molar-refractivity contribution in [3.05, 3.63) is 52.0 Å². The molecule has 0 saturated heterocycles. The third-order valence-electron chi connectivity index (χ3n) is 5.56. The molecular weight excluding hydrogens is 553 g/mol. The van der Waals surface area contributed by atoms with E-state index in [1.54, 1.807) is 31.2 Å². The first-order chi connectivity index (χ1) is 17.6. The van der Waals surface area contributed by atoms with Crippen molar-refractivity contribution < 1.29 is 27.5 Å². The van der Waals surface area contributed by atoms with Crippen molar-refractivity contribution in [2.75, 3.05) is 31.3 Å². The van der Waals surface area contributed by atoms with E-state index in [0.717, 1.165) is 10.6 Å². The molecule has 0 spiro atoms. The van der Waals surface area contributed by atoms with Crippen molar-refractivity contribution in [2.45, 2.75) is 52.2 Å². The van der Waals surface area contributed by atoms with Crippen LogP contribution in [0.1, 0.15) is 39.7 Å². The summed E-state index contributed by atoms with van der Waals surface area (Å²) in [5.41, 5.74) is 0.242. The zero-order valence-electron chi connectivity index (χ0n) is 22.7. The third kappa shape index (κ3) is 8.41. The van der Waals surface area contributed by atoms with Crippen LogP contribution in [-0.4, -0.2) is 63.7 Å². The first kappa shape index (κ1) is 31.5. The number of carbonyl (C=O) groups excluding carboxylic acids is 2. The Morgan fingerprint density at radius 2 is 1.68 bits per heavy atom. The molecule has 2 rings (SSSR count). The molecule has 2 amide bonds. The van der Waals surface area contributed by atoms with E-state index in [1.165, 1.54) is 31.3 Å². The second-order valence-corrected chi connectivity index (χ2v) is 12.5. The fraction of sp³-hybridized carbons (Fsp3) is 0.462. The molecule has 2 aromatic carbocycles. The Kier molecular flexibility index (Phi) is 10.7. The number of benzene rings is 2. The molecule has 0 radical (unpaired) electrons. The van der Waals surface area contributed by atoms with Crippen LogP contribution >= 0.6 is 23.2 Å². The summed E-state index contributed by atoms with van der Waals surface area (Å²) in [4.78, 5) is 28.4. The summed E-state index contributed by atoms with van der Waals surface area (Å²) in [5.74, 6) is -0.288. The van der Waals surface area contributed by atoms with Crippen LogP contribution in [-0.2, 0) is 26.2 Å². The minimum atomic E-state index is -3.94. The fourth-order valence-electron chi connectivity index (χ4n) is 3.79. The molecule has 1 atom stereocenters. The number of sulfonamides is 1. The maximum atomic E-state index is 13.8. The van der Waals surface area contributed by atoms with Gasteiger partial charge in [0.25, 0.3) is 0 Å². The van der Waals surface area contributed by atoms with E-state index in [2.05, 4.69) is 5.32 Å². The molecule has 38 heavy (non-hydrogen) atoms. The van der Waals surface area contributed by atoms with Gasteiger partial charge in [-0.1, -0.05) is 36.2 Å². The first-order valence-electron chi connectivity index (χ1n) is 11.9. The maximum absolute atomic E-state index is 13.8. The topological polar surface area (TPSA) is 105 Å². The summed E-state index contributed by atoms with van der Waals surface area (Å²) in [6, 6.07) is 8.62. The summed E-state index contributed by atoms with van der Waals surface area (Å²) in [5, 5.41) is 3.56. The van der Waals surface area contributed by atoms with Gasteiger partial charge in [0.2, 0.25) is 21.8 Å². The SMILES string of the molecule is CCC(C(=O)NC(C)(C)C)N(Cc1ccc(Cl)c(Cl)c1)C(=O)CN(c1ccc(OC)cc1OC)S(C)(=O)=O. The number of anilines is 1. The number of nitrogens with one attached hydrogen (secondary N) is 1. The fourth-order valence-corrected chi connectivity index (χ4v) is 4.97. The number of carbonyl (C=O) groups is 2. The van der Waals surface area contributed by atoms with Crippen LogP contribution in [0.3, 0.4) is 0 Å². The van der Waals surface area contributed by atoms with Crippen molar-refractivity contribution in [2.24, 2.45) is 0 Å². The molecule has 0 fully saturated rings. The monoisotopic (exact) mass is 587 g/mol. The zero-order chi connectivity index (χ0) is 28.8. The Morgan fingerprint density at radius 3 is 2.18 bits per heavy atom. The Bertz CT molecular complexity index is 1260. The molecule has 0 aliphatic heterocycles. The third-order valence-corrected chi connectivity index (χ3v) is 7.42. The zero-order valence-corrected chi connectivity index (χ0v) is 25.0. The molecule has 12 heteroatoms. The van der Waals surface area contributed by atoms with Crippen LogP contribution in [0.15, 0.2) is 36.4 Å². The lowest BCUT2D eigenvalue weighted by molar-refractivity contribution is -0.141. The number of ether oxygens (including phenoxy) is 2. The highest BCUT2D eigenvalue weighted by atomic mass is 35.5. The Labute approximate surface area is 235 Å². The number of hydrogen-bond acceptors (Lipinski definition) is 6. The average Bonchev–Trinajstić information content (AvgIpc) is 2.82. The molecule has 1 unspecified atom stereocenters. The number of halogens is 2. The van der Waals surface area contributed by atoms with Crippen LogP contribution in [0.4, 0.5) is 5.69 Å². The predicted molar refractivity (Wildman–Crippen MR) is 151 cm³/mol. The van der Waals surface area contributed by atoms with Crippen LogP contribution in [0.2, 0.25) is 10.0 Å². The molecule has 0 bridgehead atoms. The lowest BCUT2D eigenvalue weighted by Gasteiger charge is -2.34. The maximum Gasteiger partial charge on any atom is 0.244 e. The van der Waals surface area contributed by atoms with E-state index in [0.29, 0.717) is 27.8 Å². The van der Waals surface area contributed by atoms with Crippen molar-refractivity contribution in [1.82, 2.24) is 10.2 Å². The minimum Gasteiger partial charge on any atom is -0.497 e. The van der Waals surface area contributed by atoms with Gasteiger partial charge in [-0.15, -0.1) is 0 Å². The van der Waals surface area contributed by atoms with Gasteiger partial charge in [-0.2, -0.15) is 0 Å². The van der Waals surface area contributed by atoms with Crippen LogP contribution in [0, 0.1) is 0 Å². The number of methoxy groups -OCH3 is 2. The second-order valence-electron chi connectivity index (χ2n) is 9.74. The lowest BCUT2D eigenvalue weighted by atomic mass is 10.1. The average molecular weight is 589 g/mol. The summed E-state index contributed by atoms with van der Waals surface area (Å²) in [6.07, 6.45) is 1.29. The lowest BCUT2D eigenvalue weighted by Crippen LogP contribution is -2.55. The van der Waals surface area contributed by atoms with Gasteiger partial charge in [0.1, 0.15) is 24.1 Å². The summed E-state index contributed by atoms with van der Waals surface area (Å²) in [7, 11) is -1.08. The van der Waals surface area contributed by atoms with E-state index in [-0.39, 0.29) is 23.9 Å². The van der Waals surface area contributed by atoms with Crippen LogP contribution in [0.25, 0.3) is 0 Å². The Hall–Kier alpha value is -2.69. The molecule has 0 aromatic heterocycles. The smallest absolute Gasteiger partial charge is 0.244 e. The minimum absolute atomic E-state index is 0.00312. The molecule has 0 saturated carbocycles. The van der Waals surface area contributed by atoms with Gasteiger partial charge in [-0.3, -0.25) is 13.9 Å². The molecule has 0 aliphatic carbocycles. The highest BCUT2D eigenvalue weighted by Gasteiger charge is 2.34. The largest absolute Gasteiger partial charge is 0.497 e.